The van der Waals surface area contributed by atoms with Gasteiger partial charge in [-0.1, -0.05) is 23.8 Å². The zero-order valence-corrected chi connectivity index (χ0v) is 15.0. The van der Waals surface area contributed by atoms with E-state index >= 15 is 0 Å². The minimum atomic E-state index is 0. The van der Waals surface area contributed by atoms with Crippen LogP contribution in [-0.4, -0.2) is 31.0 Å². The van der Waals surface area contributed by atoms with E-state index < -0.39 is 0 Å². The third kappa shape index (κ3) is 6.32. The lowest BCUT2D eigenvalue weighted by molar-refractivity contribution is -0.120. The van der Waals surface area contributed by atoms with Crippen molar-refractivity contribution in [2.45, 2.75) is 13.3 Å². The summed E-state index contributed by atoms with van der Waals surface area (Å²) in [6, 6.07) is 8.24. The van der Waals surface area contributed by atoms with Crippen LogP contribution in [0.25, 0.3) is 10.6 Å². The number of hydrogen-bond donors (Lipinski definition) is 2. The topological polar surface area (TPSA) is 54.0 Å². The number of nitrogens with one attached hydrogen (secondary N) is 2. The molecule has 0 unspecified atom stereocenters. The number of benzene rings is 1. The Kier molecular flexibility index (Phi) is 10.0. The maximum absolute atomic E-state index is 11.7. The van der Waals surface area contributed by atoms with E-state index in [1.54, 1.807) is 11.3 Å². The summed E-state index contributed by atoms with van der Waals surface area (Å²) in [6.45, 7) is 3.48. The third-order valence-corrected chi connectivity index (χ3v) is 3.80. The molecule has 2 rings (SSSR count). The Balaban J connectivity index is 0.00000220. The zero-order chi connectivity index (χ0) is 14.4. The van der Waals surface area contributed by atoms with Gasteiger partial charge in [0.2, 0.25) is 5.91 Å². The average Bonchev–Trinajstić information content (AvgIpc) is 2.87. The van der Waals surface area contributed by atoms with E-state index in [0.29, 0.717) is 13.0 Å². The van der Waals surface area contributed by atoms with Gasteiger partial charge < -0.3 is 10.6 Å². The van der Waals surface area contributed by atoms with Crippen LogP contribution in [0.1, 0.15) is 11.3 Å². The summed E-state index contributed by atoms with van der Waals surface area (Å²) < 4.78 is 0. The van der Waals surface area contributed by atoms with Gasteiger partial charge in [0.1, 0.15) is 5.01 Å². The number of rotatable bonds is 6. The molecule has 4 nitrogen and oxygen atoms in total. The number of hydrogen-bond acceptors (Lipinski definition) is 4. The molecule has 1 amide bonds. The number of aryl methyl sites for hydroxylation is 1. The highest BCUT2D eigenvalue weighted by Gasteiger charge is 2.08. The second-order valence-electron chi connectivity index (χ2n) is 4.64. The fraction of sp³-hybridized carbons (Fsp3) is 0.333. The second-order valence-corrected chi connectivity index (χ2v) is 5.50. The molecule has 0 bridgehead atoms. The first-order valence-electron chi connectivity index (χ1n) is 6.62. The summed E-state index contributed by atoms with van der Waals surface area (Å²) in [5.41, 5.74) is 3.15. The monoisotopic (exact) mass is 361 g/mol. The molecule has 122 valence electrons. The molecule has 0 aliphatic heterocycles. The molecule has 0 aliphatic rings. The highest BCUT2D eigenvalue weighted by atomic mass is 35.5. The number of likely N-dealkylation sites (N-methyl/N-ethyl adjacent to an activating group) is 1. The van der Waals surface area contributed by atoms with Crippen LogP contribution in [0.4, 0.5) is 0 Å². The van der Waals surface area contributed by atoms with Crippen molar-refractivity contribution in [1.29, 1.82) is 0 Å². The van der Waals surface area contributed by atoms with Crippen LogP contribution >= 0.6 is 36.2 Å². The van der Waals surface area contributed by atoms with Gasteiger partial charge in [0.05, 0.1) is 12.1 Å². The lowest BCUT2D eigenvalue weighted by Gasteiger charge is -2.02. The summed E-state index contributed by atoms with van der Waals surface area (Å²) >= 11 is 1.58. The van der Waals surface area contributed by atoms with Crippen molar-refractivity contribution in [2.24, 2.45) is 0 Å². The summed E-state index contributed by atoms with van der Waals surface area (Å²) in [6.07, 6.45) is 0.339. The number of aromatic nitrogens is 1. The summed E-state index contributed by atoms with van der Waals surface area (Å²) in [4.78, 5) is 16.2. The Bertz CT molecular complexity index is 590. The van der Waals surface area contributed by atoms with Gasteiger partial charge in [-0.3, -0.25) is 4.79 Å². The molecule has 0 saturated carbocycles. The fourth-order valence-electron chi connectivity index (χ4n) is 1.85. The van der Waals surface area contributed by atoms with Gasteiger partial charge >= 0.3 is 0 Å². The Morgan fingerprint density at radius 2 is 2.05 bits per heavy atom. The third-order valence-electron chi connectivity index (χ3n) is 2.86. The number of carbonyl (C=O) groups excluding carboxylic acids is 1. The van der Waals surface area contributed by atoms with Gasteiger partial charge in [-0.2, -0.15) is 0 Å². The van der Waals surface area contributed by atoms with E-state index in [9.17, 15) is 4.79 Å². The molecule has 0 saturated heterocycles. The van der Waals surface area contributed by atoms with Crippen LogP contribution in [0.2, 0.25) is 0 Å². The van der Waals surface area contributed by atoms with Crippen LogP contribution in [0.3, 0.4) is 0 Å². The van der Waals surface area contributed by atoms with E-state index in [4.69, 9.17) is 0 Å². The molecule has 7 heteroatoms. The number of nitrogens with zero attached hydrogens (tertiary/aromatic N) is 1. The highest BCUT2D eigenvalue weighted by molar-refractivity contribution is 7.13. The maximum Gasteiger partial charge on any atom is 0.226 e. The van der Waals surface area contributed by atoms with E-state index in [0.717, 1.165) is 22.8 Å². The molecular weight excluding hydrogens is 341 g/mol. The first-order chi connectivity index (χ1) is 9.69. The van der Waals surface area contributed by atoms with Gasteiger partial charge in [-0.25, -0.2) is 4.98 Å². The summed E-state index contributed by atoms with van der Waals surface area (Å²) in [5, 5.41) is 8.76. The second kappa shape index (κ2) is 10.6. The van der Waals surface area contributed by atoms with Crippen molar-refractivity contribution < 1.29 is 4.79 Å². The number of thiazole rings is 1. The molecule has 0 fully saturated rings. The van der Waals surface area contributed by atoms with E-state index in [-0.39, 0.29) is 30.7 Å². The zero-order valence-electron chi connectivity index (χ0n) is 12.6. The van der Waals surface area contributed by atoms with Gasteiger partial charge in [0.15, 0.2) is 0 Å². The van der Waals surface area contributed by atoms with Crippen molar-refractivity contribution in [3.05, 3.63) is 40.9 Å². The quantitative estimate of drug-likeness (QED) is 0.777. The maximum atomic E-state index is 11.7. The van der Waals surface area contributed by atoms with E-state index in [1.165, 1.54) is 5.56 Å². The molecule has 0 radical (unpaired) electrons. The molecule has 2 aromatic rings. The first kappa shape index (κ1) is 20.9. The van der Waals surface area contributed by atoms with Crippen molar-refractivity contribution in [3.8, 4) is 10.6 Å². The van der Waals surface area contributed by atoms with Gasteiger partial charge in [-0.15, -0.1) is 36.2 Å². The molecule has 22 heavy (non-hydrogen) atoms. The van der Waals surface area contributed by atoms with Crippen molar-refractivity contribution in [1.82, 2.24) is 15.6 Å². The lowest BCUT2D eigenvalue weighted by Crippen LogP contribution is -2.31. The van der Waals surface area contributed by atoms with Crippen molar-refractivity contribution in [2.75, 3.05) is 20.1 Å². The van der Waals surface area contributed by atoms with Gasteiger partial charge in [0.25, 0.3) is 0 Å². The molecular formula is C15H21Cl2N3OS. The molecule has 1 aromatic carbocycles. The van der Waals surface area contributed by atoms with E-state index in [1.807, 2.05) is 24.6 Å². The van der Waals surface area contributed by atoms with Crippen LogP contribution in [0.5, 0.6) is 0 Å². The minimum absolute atomic E-state index is 0. The van der Waals surface area contributed by atoms with Crippen LogP contribution < -0.4 is 10.6 Å². The largest absolute Gasteiger partial charge is 0.354 e. The van der Waals surface area contributed by atoms with Crippen LogP contribution in [0.15, 0.2) is 29.6 Å². The van der Waals surface area contributed by atoms with Crippen LogP contribution in [-0.2, 0) is 11.2 Å². The fourth-order valence-corrected chi connectivity index (χ4v) is 2.67. The molecule has 0 aliphatic carbocycles. The normalized spacial score (nSPS) is 9.55. The SMILES string of the molecule is CNCCNC(=O)Cc1csc(-c2cccc(C)c2)n1.Cl.Cl. The Hall–Kier alpha value is -1.14. The highest BCUT2D eigenvalue weighted by Crippen LogP contribution is 2.24. The predicted molar refractivity (Wildman–Crippen MR) is 97.4 cm³/mol. The number of amides is 1. The summed E-state index contributed by atoms with van der Waals surface area (Å²) in [7, 11) is 1.86. The number of carbonyl (C=O) groups is 1. The molecule has 0 atom stereocenters. The molecule has 1 heterocycles. The Morgan fingerprint density at radius 1 is 1.27 bits per heavy atom. The van der Waals surface area contributed by atoms with Gasteiger partial charge in [-0.05, 0) is 20.0 Å². The molecule has 1 aromatic heterocycles. The predicted octanol–water partition coefficient (Wildman–Crippen LogP) is 2.84. The smallest absolute Gasteiger partial charge is 0.226 e. The Labute approximate surface area is 147 Å². The van der Waals surface area contributed by atoms with E-state index in [2.05, 4.69) is 34.7 Å². The first-order valence-corrected chi connectivity index (χ1v) is 7.50. The van der Waals surface area contributed by atoms with Crippen LogP contribution in [0, 0.1) is 6.92 Å². The number of halogens is 2. The standard InChI is InChI=1S/C15H19N3OS.2ClH/c1-11-4-3-5-12(8-11)15-18-13(10-20-15)9-14(19)17-7-6-16-2;;/h3-5,8,10,16H,6-7,9H2,1-2H3,(H,17,19);2*1H. The molecule has 2 N–H and O–H groups in total. The van der Waals surface area contributed by atoms with Gasteiger partial charge in [0, 0.05) is 24.0 Å². The Morgan fingerprint density at radius 3 is 2.73 bits per heavy atom. The summed E-state index contributed by atoms with van der Waals surface area (Å²) in [5.74, 6) is 0.0151. The average molecular weight is 362 g/mol. The molecule has 0 spiro atoms. The van der Waals surface area contributed by atoms with Crippen molar-refractivity contribution in [3.63, 3.8) is 0 Å². The lowest BCUT2D eigenvalue weighted by atomic mass is 10.1. The van der Waals surface area contributed by atoms with Crippen molar-refractivity contribution >= 4 is 42.1 Å². The minimum Gasteiger partial charge on any atom is -0.354 e.